The number of amides is 2. The summed E-state index contributed by atoms with van der Waals surface area (Å²) in [5.74, 6) is -0.153. The first-order valence-electron chi connectivity index (χ1n) is 7.39. The molecule has 0 fully saturated rings. The van der Waals surface area contributed by atoms with E-state index in [-0.39, 0.29) is 11.8 Å². The number of aryl methyl sites for hydroxylation is 2. The van der Waals surface area contributed by atoms with Crippen LogP contribution < -0.4 is 10.6 Å². The molecule has 2 aromatic rings. The highest BCUT2D eigenvalue weighted by atomic mass is 32.1. The number of fused-ring (bicyclic) bond motifs is 3. The fraction of sp³-hybridized carbons (Fsp3) is 0.294. The van der Waals surface area contributed by atoms with Gasteiger partial charge < -0.3 is 10.6 Å². The van der Waals surface area contributed by atoms with Gasteiger partial charge >= 0.3 is 0 Å². The van der Waals surface area contributed by atoms with Gasteiger partial charge in [0.2, 0.25) is 5.91 Å². The fourth-order valence-corrected chi connectivity index (χ4v) is 3.87. The highest BCUT2D eigenvalue weighted by molar-refractivity contribution is 7.17. The molecule has 1 heterocycles. The summed E-state index contributed by atoms with van der Waals surface area (Å²) in [4.78, 5) is 24.9. The summed E-state index contributed by atoms with van der Waals surface area (Å²) in [5, 5.41) is 5.51. The van der Waals surface area contributed by atoms with E-state index in [1.807, 2.05) is 12.1 Å². The first-order valence-corrected chi connectivity index (χ1v) is 8.20. The van der Waals surface area contributed by atoms with E-state index in [0.29, 0.717) is 13.1 Å². The predicted molar refractivity (Wildman–Crippen MR) is 88.2 cm³/mol. The van der Waals surface area contributed by atoms with Crippen molar-refractivity contribution in [1.29, 1.82) is 0 Å². The van der Waals surface area contributed by atoms with E-state index in [2.05, 4.69) is 28.8 Å². The monoisotopic (exact) mass is 314 g/mol. The molecule has 1 aromatic heterocycles. The second-order valence-corrected chi connectivity index (χ2v) is 6.41. The van der Waals surface area contributed by atoms with Gasteiger partial charge in [-0.2, -0.15) is 0 Å². The van der Waals surface area contributed by atoms with E-state index in [1.54, 1.807) is 11.3 Å². The van der Waals surface area contributed by atoms with Crippen LogP contribution >= 0.6 is 11.3 Å². The lowest BCUT2D eigenvalue weighted by Gasteiger charge is -2.15. The van der Waals surface area contributed by atoms with E-state index >= 15 is 0 Å². The summed E-state index contributed by atoms with van der Waals surface area (Å²) < 4.78 is 0. The Morgan fingerprint density at radius 3 is 2.64 bits per heavy atom. The molecule has 0 aliphatic heterocycles. The van der Waals surface area contributed by atoms with Gasteiger partial charge in [-0.3, -0.25) is 9.59 Å². The largest absolute Gasteiger partial charge is 0.355 e. The van der Waals surface area contributed by atoms with Crippen LogP contribution in [-0.2, 0) is 17.6 Å². The fourth-order valence-electron chi connectivity index (χ4n) is 2.69. The van der Waals surface area contributed by atoms with Crippen LogP contribution in [0.25, 0.3) is 10.4 Å². The van der Waals surface area contributed by atoms with Crippen LogP contribution in [0, 0.1) is 0 Å². The van der Waals surface area contributed by atoms with Gasteiger partial charge in [0.25, 0.3) is 5.91 Å². The number of benzene rings is 1. The molecule has 1 aromatic carbocycles. The normalized spacial score (nSPS) is 12.2. The topological polar surface area (TPSA) is 58.2 Å². The third kappa shape index (κ3) is 3.04. The molecule has 0 saturated carbocycles. The van der Waals surface area contributed by atoms with E-state index in [4.69, 9.17) is 0 Å². The van der Waals surface area contributed by atoms with Gasteiger partial charge in [0.1, 0.15) is 0 Å². The van der Waals surface area contributed by atoms with Crippen molar-refractivity contribution in [3.8, 4) is 10.4 Å². The van der Waals surface area contributed by atoms with Gasteiger partial charge in [-0.25, -0.2) is 0 Å². The van der Waals surface area contributed by atoms with Gasteiger partial charge in [-0.15, -0.1) is 11.3 Å². The molecule has 0 atom stereocenters. The average Bonchev–Trinajstić information content (AvgIpc) is 2.96. The molecular weight excluding hydrogens is 296 g/mol. The van der Waals surface area contributed by atoms with Gasteiger partial charge in [-0.05, 0) is 35.6 Å². The zero-order chi connectivity index (χ0) is 15.5. The lowest BCUT2D eigenvalue weighted by molar-refractivity contribution is -0.118. The van der Waals surface area contributed by atoms with Gasteiger partial charge in [0.15, 0.2) is 0 Å². The van der Waals surface area contributed by atoms with E-state index in [0.717, 1.165) is 17.7 Å². The minimum absolute atomic E-state index is 0.0674. The van der Waals surface area contributed by atoms with E-state index < -0.39 is 0 Å². The highest BCUT2D eigenvalue weighted by Gasteiger charge is 2.21. The molecule has 2 N–H and O–H groups in total. The third-order valence-electron chi connectivity index (χ3n) is 3.74. The molecular formula is C17H18N2O2S. The standard InChI is InChI=1S/C17H18N2O2S/c1-11(20)18-8-9-19-17(21)15-10-13-7-6-12-4-2-3-5-14(12)16(13)22-15/h2-5,10H,6-9H2,1H3,(H,18,20)(H,19,21). The first-order chi connectivity index (χ1) is 10.6. The molecule has 22 heavy (non-hydrogen) atoms. The van der Waals surface area contributed by atoms with Crippen molar-refractivity contribution in [1.82, 2.24) is 10.6 Å². The minimum atomic E-state index is -0.0857. The summed E-state index contributed by atoms with van der Waals surface area (Å²) in [6, 6.07) is 10.4. The Balaban J connectivity index is 1.71. The molecule has 0 saturated heterocycles. The molecule has 5 heteroatoms. The summed E-state index contributed by atoms with van der Waals surface area (Å²) in [5.41, 5.74) is 3.87. The maximum absolute atomic E-state index is 12.2. The van der Waals surface area contributed by atoms with Crippen molar-refractivity contribution in [2.24, 2.45) is 0 Å². The highest BCUT2D eigenvalue weighted by Crippen LogP contribution is 2.39. The van der Waals surface area contributed by atoms with Crippen LogP contribution in [0.15, 0.2) is 30.3 Å². The zero-order valence-corrected chi connectivity index (χ0v) is 13.3. The summed E-state index contributed by atoms with van der Waals surface area (Å²) in [7, 11) is 0. The summed E-state index contributed by atoms with van der Waals surface area (Å²) >= 11 is 1.55. The Bertz CT molecular complexity index is 721. The van der Waals surface area contributed by atoms with Crippen molar-refractivity contribution in [2.75, 3.05) is 13.1 Å². The molecule has 1 aliphatic rings. The zero-order valence-electron chi connectivity index (χ0n) is 12.4. The molecule has 0 spiro atoms. The number of hydrogen-bond acceptors (Lipinski definition) is 3. The van der Waals surface area contributed by atoms with Gasteiger partial charge in [0, 0.05) is 24.9 Å². The van der Waals surface area contributed by atoms with E-state index in [9.17, 15) is 9.59 Å². The molecule has 3 rings (SSSR count). The average molecular weight is 314 g/mol. The quantitative estimate of drug-likeness (QED) is 0.851. The second kappa shape index (κ2) is 6.32. The Kier molecular flexibility index (Phi) is 4.24. The maximum Gasteiger partial charge on any atom is 0.261 e. The lowest BCUT2D eigenvalue weighted by atomic mass is 9.91. The number of nitrogens with one attached hydrogen (secondary N) is 2. The Labute approximate surface area is 133 Å². The Morgan fingerprint density at radius 1 is 1.09 bits per heavy atom. The third-order valence-corrected chi connectivity index (χ3v) is 4.95. The molecule has 0 bridgehead atoms. The Hall–Kier alpha value is -2.14. The molecule has 114 valence electrons. The van der Waals surface area contributed by atoms with Crippen molar-refractivity contribution in [3.63, 3.8) is 0 Å². The Morgan fingerprint density at radius 2 is 1.82 bits per heavy atom. The van der Waals surface area contributed by atoms with Crippen LogP contribution in [0.1, 0.15) is 27.7 Å². The number of rotatable bonds is 4. The first kappa shape index (κ1) is 14.8. The molecule has 0 radical (unpaired) electrons. The van der Waals surface area contributed by atoms with Crippen LogP contribution in [0.5, 0.6) is 0 Å². The van der Waals surface area contributed by atoms with Gasteiger partial charge in [-0.1, -0.05) is 24.3 Å². The number of carbonyl (C=O) groups excluding carboxylic acids is 2. The SMILES string of the molecule is CC(=O)NCCNC(=O)c1cc2c(s1)-c1ccccc1CC2. The smallest absolute Gasteiger partial charge is 0.261 e. The van der Waals surface area contributed by atoms with Crippen molar-refractivity contribution < 1.29 is 9.59 Å². The summed E-state index contributed by atoms with van der Waals surface area (Å²) in [6.07, 6.45) is 2.02. The molecule has 1 aliphatic carbocycles. The van der Waals surface area contributed by atoms with Crippen LogP contribution in [0.2, 0.25) is 0 Å². The lowest BCUT2D eigenvalue weighted by Crippen LogP contribution is -2.33. The maximum atomic E-state index is 12.2. The number of carbonyl (C=O) groups is 2. The second-order valence-electron chi connectivity index (χ2n) is 5.36. The number of hydrogen-bond donors (Lipinski definition) is 2. The summed E-state index contributed by atoms with van der Waals surface area (Å²) in [6.45, 7) is 2.36. The van der Waals surface area contributed by atoms with Crippen LogP contribution in [-0.4, -0.2) is 24.9 Å². The number of thiophene rings is 1. The minimum Gasteiger partial charge on any atom is -0.355 e. The van der Waals surface area contributed by atoms with Crippen molar-refractivity contribution >= 4 is 23.2 Å². The van der Waals surface area contributed by atoms with Crippen LogP contribution in [0.3, 0.4) is 0 Å². The predicted octanol–water partition coefficient (Wildman–Crippen LogP) is 2.38. The van der Waals surface area contributed by atoms with Gasteiger partial charge in [0.05, 0.1) is 4.88 Å². The molecule has 2 amide bonds. The van der Waals surface area contributed by atoms with Crippen molar-refractivity contribution in [2.45, 2.75) is 19.8 Å². The molecule has 4 nitrogen and oxygen atoms in total. The van der Waals surface area contributed by atoms with Crippen LogP contribution in [0.4, 0.5) is 0 Å². The van der Waals surface area contributed by atoms with E-state index in [1.165, 1.54) is 28.5 Å². The van der Waals surface area contributed by atoms with Crippen molar-refractivity contribution in [3.05, 3.63) is 46.3 Å². The molecule has 0 unspecified atom stereocenters.